The van der Waals surface area contributed by atoms with E-state index in [1.807, 2.05) is 36.4 Å². The minimum absolute atomic E-state index is 0.0301. The first-order chi connectivity index (χ1) is 19.1. The molecule has 3 fully saturated rings. The molecule has 0 spiro atoms. The number of thioether (sulfide) groups is 1. The number of hydrogen-bond donors (Lipinski definition) is 1. The number of rotatable bonds is 8. The van der Waals surface area contributed by atoms with E-state index < -0.39 is 0 Å². The van der Waals surface area contributed by atoms with Gasteiger partial charge in [-0.25, -0.2) is 0 Å². The van der Waals surface area contributed by atoms with Gasteiger partial charge in [-0.2, -0.15) is 0 Å². The molecule has 2 aromatic carbocycles. The minimum Gasteiger partial charge on any atom is -0.356 e. The van der Waals surface area contributed by atoms with E-state index in [0.29, 0.717) is 11.8 Å². The first-order valence-corrected chi connectivity index (χ1v) is 15.7. The molecule has 6 heteroatoms. The maximum atomic E-state index is 13.9. The summed E-state index contributed by atoms with van der Waals surface area (Å²) in [4.78, 5) is 32.5. The summed E-state index contributed by atoms with van der Waals surface area (Å²) >= 11 is 1.72. The molecule has 1 saturated carbocycles. The summed E-state index contributed by atoms with van der Waals surface area (Å²) in [5.74, 6) is 0.227. The van der Waals surface area contributed by atoms with Gasteiger partial charge in [0.25, 0.3) is 5.91 Å². The first kappa shape index (κ1) is 28.0. The highest BCUT2D eigenvalue weighted by Crippen LogP contribution is 2.44. The molecule has 0 bridgehead atoms. The van der Waals surface area contributed by atoms with Crippen LogP contribution in [0, 0.1) is 12.8 Å². The number of nitrogens with one attached hydrogen (secondary N) is 1. The molecule has 5 nitrogen and oxygen atoms in total. The number of amides is 2. The number of carbonyl (C=O) groups is 2. The summed E-state index contributed by atoms with van der Waals surface area (Å²) in [6.07, 6.45) is 10.9. The van der Waals surface area contributed by atoms with Crippen molar-refractivity contribution in [2.45, 2.75) is 76.1 Å². The molecule has 1 aliphatic carbocycles. The third kappa shape index (κ3) is 7.55. The molecule has 2 heterocycles. The summed E-state index contributed by atoms with van der Waals surface area (Å²) in [6, 6.07) is 18.6. The molecule has 2 amide bonds. The van der Waals surface area contributed by atoms with Crippen molar-refractivity contribution >= 4 is 29.7 Å². The van der Waals surface area contributed by atoms with Crippen LogP contribution in [0.25, 0.3) is 6.08 Å². The average molecular weight is 546 g/mol. The molecule has 0 aromatic heterocycles. The van der Waals surface area contributed by atoms with Crippen LogP contribution in [0.1, 0.15) is 68.1 Å². The Hall–Kier alpha value is -2.57. The molecular weight excluding hydrogens is 502 g/mol. The zero-order valence-electron chi connectivity index (χ0n) is 23.3. The highest BCUT2D eigenvalue weighted by molar-refractivity contribution is 8.04. The predicted octanol–water partition coefficient (Wildman–Crippen LogP) is 6.03. The van der Waals surface area contributed by atoms with Crippen molar-refractivity contribution < 1.29 is 9.59 Å². The lowest BCUT2D eigenvalue weighted by molar-refractivity contribution is -0.133. The molecule has 2 aromatic rings. The quantitative estimate of drug-likeness (QED) is 0.325. The van der Waals surface area contributed by atoms with E-state index in [1.165, 1.54) is 44.3 Å². The van der Waals surface area contributed by atoms with E-state index in [9.17, 15) is 9.59 Å². The van der Waals surface area contributed by atoms with Crippen LogP contribution in [0.2, 0.25) is 0 Å². The van der Waals surface area contributed by atoms with E-state index in [2.05, 4.69) is 46.3 Å². The van der Waals surface area contributed by atoms with Gasteiger partial charge in [0.05, 0.1) is 4.91 Å². The van der Waals surface area contributed by atoms with Gasteiger partial charge in [0.2, 0.25) is 5.91 Å². The molecule has 208 valence electrons. The second-order valence-electron chi connectivity index (χ2n) is 11.5. The largest absolute Gasteiger partial charge is 0.356 e. The monoisotopic (exact) mass is 545 g/mol. The van der Waals surface area contributed by atoms with Crippen molar-refractivity contribution in [1.82, 2.24) is 15.1 Å². The molecule has 0 radical (unpaired) electrons. The molecule has 1 N–H and O–H groups in total. The Kier molecular flexibility index (Phi) is 9.81. The van der Waals surface area contributed by atoms with Gasteiger partial charge in [0.1, 0.15) is 0 Å². The molecule has 5 rings (SSSR count). The number of likely N-dealkylation sites (tertiary alicyclic amines) is 1. The van der Waals surface area contributed by atoms with E-state index in [-0.39, 0.29) is 23.8 Å². The minimum atomic E-state index is -0.0301. The van der Waals surface area contributed by atoms with Crippen LogP contribution in [-0.2, 0) is 16.1 Å². The summed E-state index contributed by atoms with van der Waals surface area (Å²) in [5, 5.41) is 3.55. The highest BCUT2D eigenvalue weighted by atomic mass is 32.2. The number of fused-ring (bicyclic) bond motifs is 1. The lowest BCUT2D eigenvalue weighted by Gasteiger charge is -2.46. The van der Waals surface area contributed by atoms with Crippen molar-refractivity contribution in [3.8, 4) is 0 Å². The van der Waals surface area contributed by atoms with Crippen LogP contribution in [0.4, 0.5) is 0 Å². The smallest absolute Gasteiger partial charge is 0.260 e. The molecular formula is C33H43N3O2S. The Balaban J connectivity index is 1.24. The molecule has 3 unspecified atom stereocenters. The normalized spacial score (nSPS) is 25.3. The lowest BCUT2D eigenvalue weighted by atomic mass is 9.83. The maximum absolute atomic E-state index is 13.9. The van der Waals surface area contributed by atoms with Gasteiger partial charge < -0.3 is 15.1 Å². The van der Waals surface area contributed by atoms with E-state index in [0.717, 1.165) is 54.8 Å². The Labute approximate surface area is 238 Å². The predicted molar refractivity (Wildman–Crippen MR) is 161 cm³/mol. The van der Waals surface area contributed by atoms with Crippen LogP contribution in [0.5, 0.6) is 0 Å². The molecule has 3 aliphatic rings. The van der Waals surface area contributed by atoms with Crippen LogP contribution in [0.3, 0.4) is 0 Å². The lowest BCUT2D eigenvalue weighted by Crippen LogP contribution is -2.53. The summed E-state index contributed by atoms with van der Waals surface area (Å²) in [6.45, 7) is 6.88. The highest BCUT2D eigenvalue weighted by Gasteiger charge is 2.44. The average Bonchev–Trinajstić information content (AvgIpc) is 3.22. The molecule has 2 aliphatic heterocycles. The zero-order chi connectivity index (χ0) is 27.0. The van der Waals surface area contributed by atoms with Gasteiger partial charge >= 0.3 is 0 Å². The zero-order valence-corrected chi connectivity index (χ0v) is 24.1. The Morgan fingerprint density at radius 3 is 2.59 bits per heavy atom. The van der Waals surface area contributed by atoms with Crippen LogP contribution in [0.15, 0.2) is 59.5 Å². The Morgan fingerprint density at radius 2 is 1.82 bits per heavy atom. The van der Waals surface area contributed by atoms with Crippen LogP contribution < -0.4 is 5.32 Å². The summed E-state index contributed by atoms with van der Waals surface area (Å²) in [7, 11) is 0. The van der Waals surface area contributed by atoms with Gasteiger partial charge in [-0.05, 0) is 82.3 Å². The van der Waals surface area contributed by atoms with Crippen molar-refractivity contribution in [1.29, 1.82) is 0 Å². The SMILES string of the molecule is Cc1cccc(CN2C(=O)/C(=C/c3ccccc3)SC3CCC(C(=O)NCCCN4CCCCCC4)CC32)c1. The molecule has 3 atom stereocenters. The van der Waals surface area contributed by atoms with Gasteiger partial charge in [-0.3, -0.25) is 9.59 Å². The van der Waals surface area contributed by atoms with Crippen molar-refractivity contribution in [2.75, 3.05) is 26.2 Å². The number of benzene rings is 2. The van der Waals surface area contributed by atoms with Crippen LogP contribution >= 0.6 is 11.8 Å². The fourth-order valence-electron chi connectivity index (χ4n) is 6.34. The fraction of sp³-hybridized carbons (Fsp3) is 0.515. The number of nitrogens with zero attached hydrogens (tertiary/aromatic N) is 2. The van der Waals surface area contributed by atoms with Crippen molar-refractivity contribution in [2.24, 2.45) is 5.92 Å². The third-order valence-electron chi connectivity index (χ3n) is 8.46. The van der Waals surface area contributed by atoms with Gasteiger partial charge in [0, 0.05) is 30.3 Å². The Bertz CT molecular complexity index is 1140. The first-order valence-electron chi connectivity index (χ1n) is 14.9. The molecule has 39 heavy (non-hydrogen) atoms. The standard InChI is InChI=1S/C33H43N3O2S/c1-25-11-9-14-27(21-25)24-36-29-23-28(32(37)34-17-10-20-35-18-7-2-3-8-19-35)15-16-30(29)39-31(33(36)38)22-26-12-5-4-6-13-26/h4-6,9,11-14,21-22,28-30H,2-3,7-8,10,15-20,23-24H2,1H3,(H,34,37)/b31-22-. The van der Waals surface area contributed by atoms with E-state index in [4.69, 9.17) is 0 Å². The maximum Gasteiger partial charge on any atom is 0.260 e. The van der Waals surface area contributed by atoms with Crippen molar-refractivity contribution in [3.63, 3.8) is 0 Å². The second kappa shape index (κ2) is 13.7. The van der Waals surface area contributed by atoms with Crippen molar-refractivity contribution in [3.05, 3.63) is 76.2 Å². The van der Waals surface area contributed by atoms with E-state index in [1.54, 1.807) is 11.8 Å². The second-order valence-corrected chi connectivity index (χ2v) is 12.8. The van der Waals surface area contributed by atoms with Gasteiger partial charge in [0.15, 0.2) is 0 Å². The summed E-state index contributed by atoms with van der Waals surface area (Å²) in [5.41, 5.74) is 3.40. The number of hydrogen-bond acceptors (Lipinski definition) is 4. The van der Waals surface area contributed by atoms with Gasteiger partial charge in [-0.15, -0.1) is 11.8 Å². The fourth-order valence-corrected chi connectivity index (χ4v) is 7.76. The molecule has 2 saturated heterocycles. The number of aryl methyl sites for hydroxylation is 1. The Morgan fingerprint density at radius 1 is 1.03 bits per heavy atom. The third-order valence-corrected chi connectivity index (χ3v) is 9.86. The van der Waals surface area contributed by atoms with E-state index >= 15 is 0 Å². The number of carbonyl (C=O) groups excluding carboxylic acids is 2. The topological polar surface area (TPSA) is 52.7 Å². The van der Waals surface area contributed by atoms with Crippen LogP contribution in [-0.4, -0.2) is 59.1 Å². The summed E-state index contributed by atoms with van der Waals surface area (Å²) < 4.78 is 0. The van der Waals surface area contributed by atoms with Gasteiger partial charge in [-0.1, -0.05) is 73.0 Å².